The van der Waals surface area contributed by atoms with Gasteiger partial charge in [0.25, 0.3) is 0 Å². The van der Waals surface area contributed by atoms with Crippen molar-refractivity contribution < 1.29 is 15.0 Å². The number of rotatable bonds is 3. The lowest BCUT2D eigenvalue weighted by Gasteiger charge is -2.17. The summed E-state index contributed by atoms with van der Waals surface area (Å²) in [5.74, 6) is -1.23. The first kappa shape index (κ1) is 10.6. The molecule has 2 rings (SSSR count). The number of carboxylic acids is 1. The van der Waals surface area contributed by atoms with Gasteiger partial charge < -0.3 is 10.2 Å². The first-order valence-corrected chi connectivity index (χ1v) is 4.87. The second kappa shape index (κ2) is 3.61. The van der Waals surface area contributed by atoms with Crippen molar-refractivity contribution in [3.8, 4) is 0 Å². The van der Waals surface area contributed by atoms with E-state index in [0.29, 0.717) is 0 Å². The Bertz CT molecular complexity index is 531. The summed E-state index contributed by atoms with van der Waals surface area (Å²) in [6, 6.07) is 5.46. The van der Waals surface area contributed by atoms with Crippen molar-refractivity contribution in [3.63, 3.8) is 0 Å². The van der Waals surface area contributed by atoms with Crippen molar-refractivity contribution in [1.29, 1.82) is 0 Å². The van der Waals surface area contributed by atoms with Crippen LogP contribution in [0, 0.1) is 0 Å². The monoisotopic (exact) mass is 220 g/mol. The normalized spacial score (nSPS) is 14.9. The zero-order valence-corrected chi connectivity index (χ0v) is 8.77. The summed E-state index contributed by atoms with van der Waals surface area (Å²) in [6.45, 7) is 1.28. The van der Waals surface area contributed by atoms with Crippen LogP contribution >= 0.6 is 0 Å². The van der Waals surface area contributed by atoms with Crippen molar-refractivity contribution in [2.75, 3.05) is 0 Å². The van der Waals surface area contributed by atoms with Crippen LogP contribution in [-0.4, -0.2) is 32.0 Å². The third kappa shape index (κ3) is 1.77. The third-order valence-corrected chi connectivity index (χ3v) is 2.56. The average Bonchev–Trinajstić information content (AvgIpc) is 2.65. The van der Waals surface area contributed by atoms with Crippen molar-refractivity contribution in [2.24, 2.45) is 0 Å². The van der Waals surface area contributed by atoms with Crippen LogP contribution in [0.25, 0.3) is 10.9 Å². The number of aromatic nitrogens is 2. The minimum Gasteiger partial charge on any atom is -0.479 e. The molecule has 0 spiro atoms. The van der Waals surface area contributed by atoms with E-state index < -0.39 is 11.6 Å². The first-order chi connectivity index (χ1) is 7.50. The van der Waals surface area contributed by atoms with Gasteiger partial charge in [-0.25, -0.2) is 4.79 Å². The molecule has 0 saturated heterocycles. The number of nitrogens with one attached hydrogen (secondary N) is 1. The summed E-state index contributed by atoms with van der Waals surface area (Å²) >= 11 is 0. The van der Waals surface area contributed by atoms with Crippen LogP contribution < -0.4 is 0 Å². The van der Waals surface area contributed by atoms with Gasteiger partial charge in [0, 0.05) is 11.8 Å². The van der Waals surface area contributed by atoms with Gasteiger partial charge >= 0.3 is 5.97 Å². The number of hydrogen-bond acceptors (Lipinski definition) is 3. The number of aliphatic carboxylic acids is 1. The van der Waals surface area contributed by atoms with Crippen LogP contribution in [0.4, 0.5) is 0 Å². The largest absolute Gasteiger partial charge is 0.479 e. The Morgan fingerprint density at radius 2 is 2.31 bits per heavy atom. The van der Waals surface area contributed by atoms with Gasteiger partial charge in [0.1, 0.15) is 0 Å². The van der Waals surface area contributed by atoms with E-state index in [1.165, 1.54) is 6.92 Å². The summed E-state index contributed by atoms with van der Waals surface area (Å²) in [7, 11) is 0. The van der Waals surface area contributed by atoms with Gasteiger partial charge in [-0.2, -0.15) is 5.10 Å². The molecule has 0 amide bonds. The topological polar surface area (TPSA) is 86.2 Å². The summed E-state index contributed by atoms with van der Waals surface area (Å²) in [6.07, 6.45) is 1.70. The highest BCUT2D eigenvalue weighted by atomic mass is 16.4. The van der Waals surface area contributed by atoms with E-state index in [1.54, 1.807) is 12.3 Å². The summed E-state index contributed by atoms with van der Waals surface area (Å²) in [5.41, 5.74) is -0.259. The van der Waals surface area contributed by atoms with Crippen molar-refractivity contribution in [2.45, 2.75) is 18.9 Å². The highest BCUT2D eigenvalue weighted by Gasteiger charge is 2.30. The van der Waals surface area contributed by atoms with Crippen molar-refractivity contribution in [3.05, 3.63) is 30.0 Å². The number of nitrogens with zero attached hydrogens (tertiary/aromatic N) is 1. The van der Waals surface area contributed by atoms with Gasteiger partial charge in [-0.05, 0) is 12.5 Å². The van der Waals surface area contributed by atoms with E-state index in [-0.39, 0.29) is 6.42 Å². The SMILES string of the molecule is CC(O)(Cc1cccc2cn[nH]c12)C(=O)O. The Hall–Kier alpha value is -1.88. The lowest BCUT2D eigenvalue weighted by Crippen LogP contribution is -2.37. The molecule has 1 heterocycles. The van der Waals surface area contributed by atoms with Crippen LogP contribution in [0.1, 0.15) is 12.5 Å². The van der Waals surface area contributed by atoms with Crippen molar-refractivity contribution >= 4 is 16.9 Å². The highest BCUT2D eigenvalue weighted by Crippen LogP contribution is 2.20. The second-order valence-corrected chi connectivity index (χ2v) is 4.01. The lowest BCUT2D eigenvalue weighted by molar-refractivity contribution is -0.156. The fraction of sp³-hybridized carbons (Fsp3) is 0.273. The molecule has 5 heteroatoms. The Kier molecular flexibility index (Phi) is 2.40. The van der Waals surface area contributed by atoms with Gasteiger partial charge in [-0.15, -0.1) is 0 Å². The van der Waals surface area contributed by atoms with E-state index in [9.17, 15) is 9.90 Å². The average molecular weight is 220 g/mol. The van der Waals surface area contributed by atoms with Crippen molar-refractivity contribution in [1.82, 2.24) is 10.2 Å². The molecule has 3 N–H and O–H groups in total. The molecule has 1 aromatic heterocycles. The van der Waals surface area contributed by atoms with E-state index in [1.807, 2.05) is 12.1 Å². The molecular weight excluding hydrogens is 208 g/mol. The number of benzene rings is 1. The predicted octanol–water partition coefficient (Wildman–Crippen LogP) is 0.941. The quantitative estimate of drug-likeness (QED) is 0.718. The number of hydrogen-bond donors (Lipinski definition) is 3. The molecule has 2 aromatic rings. The summed E-state index contributed by atoms with van der Waals surface area (Å²) in [5, 5.41) is 26.1. The molecule has 0 bridgehead atoms. The Morgan fingerprint density at radius 1 is 1.56 bits per heavy atom. The Balaban J connectivity index is 2.41. The van der Waals surface area contributed by atoms with E-state index in [2.05, 4.69) is 10.2 Å². The molecule has 1 unspecified atom stereocenters. The second-order valence-electron chi connectivity index (χ2n) is 4.01. The fourth-order valence-corrected chi connectivity index (χ4v) is 1.62. The van der Waals surface area contributed by atoms with Crippen LogP contribution in [0.5, 0.6) is 0 Å². The minimum atomic E-state index is -1.76. The number of carboxylic acid groups (broad SMARTS) is 1. The van der Waals surface area contributed by atoms with E-state index >= 15 is 0 Å². The highest BCUT2D eigenvalue weighted by molar-refractivity contribution is 5.83. The molecule has 0 fully saturated rings. The lowest BCUT2D eigenvalue weighted by atomic mass is 9.95. The molecule has 1 atom stereocenters. The molecule has 5 nitrogen and oxygen atoms in total. The maximum Gasteiger partial charge on any atom is 0.335 e. The fourth-order valence-electron chi connectivity index (χ4n) is 1.62. The first-order valence-electron chi connectivity index (χ1n) is 4.87. The minimum absolute atomic E-state index is 0.0435. The molecular formula is C11H12N2O3. The summed E-state index contributed by atoms with van der Waals surface area (Å²) in [4.78, 5) is 10.8. The molecule has 0 saturated carbocycles. The van der Waals surface area contributed by atoms with E-state index in [4.69, 9.17) is 5.11 Å². The van der Waals surface area contributed by atoms with Gasteiger partial charge in [-0.3, -0.25) is 5.10 Å². The maximum absolute atomic E-state index is 10.8. The third-order valence-electron chi connectivity index (χ3n) is 2.56. The maximum atomic E-state index is 10.8. The molecule has 84 valence electrons. The summed E-state index contributed by atoms with van der Waals surface area (Å²) < 4.78 is 0. The zero-order chi connectivity index (χ0) is 11.8. The number of H-pyrrole nitrogens is 1. The van der Waals surface area contributed by atoms with Gasteiger partial charge in [0.05, 0.1) is 11.7 Å². The molecule has 16 heavy (non-hydrogen) atoms. The zero-order valence-electron chi connectivity index (χ0n) is 8.77. The van der Waals surface area contributed by atoms with Crippen LogP contribution in [0.15, 0.2) is 24.4 Å². The standard InChI is InChI=1S/C11H12N2O3/c1-11(16,10(14)15)5-7-3-2-4-8-6-12-13-9(7)8/h2-4,6,16H,5H2,1H3,(H,12,13)(H,14,15). The number of para-hydroxylation sites is 1. The smallest absolute Gasteiger partial charge is 0.335 e. The molecule has 0 aliphatic heterocycles. The van der Waals surface area contributed by atoms with Crippen LogP contribution in [0.2, 0.25) is 0 Å². The molecule has 1 aromatic carbocycles. The van der Waals surface area contributed by atoms with Gasteiger partial charge in [-0.1, -0.05) is 18.2 Å². The van der Waals surface area contributed by atoms with Gasteiger partial charge in [0.15, 0.2) is 5.60 Å². The molecule has 0 aliphatic rings. The number of aromatic amines is 1. The number of carbonyl (C=O) groups is 1. The number of aliphatic hydroxyl groups is 1. The number of fused-ring (bicyclic) bond motifs is 1. The van der Waals surface area contributed by atoms with Crippen LogP contribution in [-0.2, 0) is 11.2 Å². The van der Waals surface area contributed by atoms with Gasteiger partial charge in [0.2, 0.25) is 0 Å². The van der Waals surface area contributed by atoms with Crippen LogP contribution in [0.3, 0.4) is 0 Å². The Labute approximate surface area is 91.7 Å². The molecule has 0 aliphatic carbocycles. The van der Waals surface area contributed by atoms with E-state index in [0.717, 1.165) is 16.5 Å². The predicted molar refractivity (Wildman–Crippen MR) is 58.1 cm³/mol. The Morgan fingerprint density at radius 3 is 3.00 bits per heavy atom. The molecule has 0 radical (unpaired) electrons.